The number of nitrogens with one attached hydrogen (secondary N) is 3. The number of fused-ring (bicyclic) bond motifs is 1. The van der Waals surface area contributed by atoms with Crippen molar-refractivity contribution in [1.29, 1.82) is 0 Å². The van der Waals surface area contributed by atoms with Crippen molar-refractivity contribution in [2.24, 2.45) is 5.41 Å². The van der Waals surface area contributed by atoms with Gasteiger partial charge in [-0.1, -0.05) is 35.7 Å². The molecule has 3 N–H and O–H groups in total. The summed E-state index contributed by atoms with van der Waals surface area (Å²) in [6.07, 6.45) is 9.83. The maximum absolute atomic E-state index is 17.0. The predicted molar refractivity (Wildman–Crippen MR) is 237 cm³/mol. The molecule has 0 bridgehead atoms. The van der Waals surface area contributed by atoms with Crippen LogP contribution >= 0.6 is 11.6 Å². The number of carbonyl (C=O) groups excluding carboxylic acids is 1. The van der Waals surface area contributed by atoms with E-state index >= 15 is 4.39 Å². The predicted octanol–water partition coefficient (Wildman–Crippen LogP) is 7.93. The van der Waals surface area contributed by atoms with Crippen LogP contribution < -0.4 is 19.7 Å². The van der Waals surface area contributed by atoms with E-state index in [-0.39, 0.29) is 29.8 Å². The smallest absolute Gasteiger partial charge is 0.293 e. The van der Waals surface area contributed by atoms with E-state index in [9.17, 15) is 23.3 Å². The number of nitro groups is 1. The first-order valence-electron chi connectivity index (χ1n) is 21.1. The fourth-order valence-electron chi connectivity index (χ4n) is 9.06. The number of nitrogens with zero attached hydrogens (tertiary/aromatic N) is 4. The minimum Gasteiger partial charge on any atom is -0.452 e. The summed E-state index contributed by atoms with van der Waals surface area (Å²) in [7, 11) is -4.71. The number of allylic oxidation sites excluding steroid dienone is 1. The van der Waals surface area contributed by atoms with Crippen molar-refractivity contribution >= 4 is 61.2 Å². The first-order valence-corrected chi connectivity index (χ1v) is 23.0. The Morgan fingerprint density at radius 1 is 1.05 bits per heavy atom. The Labute approximate surface area is 368 Å². The summed E-state index contributed by atoms with van der Waals surface area (Å²) in [4.78, 5) is 36.3. The highest BCUT2D eigenvalue weighted by Crippen LogP contribution is 2.55. The van der Waals surface area contributed by atoms with Gasteiger partial charge >= 0.3 is 0 Å². The van der Waals surface area contributed by atoms with Crippen molar-refractivity contribution in [2.75, 3.05) is 69.3 Å². The number of rotatable bonds is 13. The maximum atomic E-state index is 17.0. The molecule has 2 aliphatic heterocycles. The number of sulfonamides is 1. The van der Waals surface area contributed by atoms with Crippen LogP contribution in [0.15, 0.2) is 89.6 Å². The number of ether oxygens (including phenoxy) is 3. The van der Waals surface area contributed by atoms with E-state index in [0.717, 1.165) is 31.5 Å². The largest absolute Gasteiger partial charge is 0.452 e. The molecular weight excluding hydrogens is 853 g/mol. The van der Waals surface area contributed by atoms with E-state index in [4.69, 9.17) is 25.8 Å². The molecule has 18 heteroatoms. The van der Waals surface area contributed by atoms with Gasteiger partial charge in [-0.25, -0.2) is 22.5 Å². The third-order valence-corrected chi connectivity index (χ3v) is 14.3. The van der Waals surface area contributed by atoms with E-state index in [1.165, 1.54) is 66.8 Å². The van der Waals surface area contributed by atoms with E-state index in [1.807, 2.05) is 21.8 Å². The zero-order valence-corrected chi connectivity index (χ0v) is 36.0. The van der Waals surface area contributed by atoms with Gasteiger partial charge in [0.15, 0.2) is 11.6 Å². The number of pyridine rings is 1. The molecule has 0 radical (unpaired) electrons. The zero-order valence-electron chi connectivity index (χ0n) is 34.4. The highest BCUT2D eigenvalue weighted by Gasteiger charge is 2.41. The Morgan fingerprint density at radius 2 is 1.86 bits per heavy atom. The Balaban J connectivity index is 0.945. The highest BCUT2D eigenvalue weighted by molar-refractivity contribution is 7.90. The van der Waals surface area contributed by atoms with Crippen LogP contribution in [0.2, 0.25) is 5.02 Å². The van der Waals surface area contributed by atoms with Gasteiger partial charge in [0, 0.05) is 61.9 Å². The van der Waals surface area contributed by atoms with E-state index in [2.05, 4.69) is 32.3 Å². The van der Waals surface area contributed by atoms with Crippen LogP contribution in [0, 0.1) is 21.3 Å². The van der Waals surface area contributed by atoms with Gasteiger partial charge in [-0.2, -0.15) is 0 Å². The average molecular weight is 900 g/mol. The minimum absolute atomic E-state index is 0.0530. The number of amides is 1. The van der Waals surface area contributed by atoms with E-state index in [1.54, 1.807) is 18.3 Å². The molecule has 2 aromatic heterocycles. The van der Waals surface area contributed by atoms with Gasteiger partial charge < -0.3 is 29.4 Å². The van der Waals surface area contributed by atoms with Gasteiger partial charge in [0.1, 0.15) is 17.1 Å². The number of hydrogen-bond donors (Lipinski definition) is 3. The summed E-state index contributed by atoms with van der Waals surface area (Å²) < 4.78 is 63.3. The first-order chi connectivity index (χ1) is 30.4. The monoisotopic (exact) mass is 899 g/mol. The SMILES string of the molecule is O=C(NS(=O)(=O)c1ccc(NCC2COCCO2)c([N+](=O)[O-])c1)c1ccc(N2CCN(CC3=C(c4ccc(Cl)cc4)CC4(CCC4)CC3)CC2)c(F)c1Oc1cnc2[nH]ccc2c1. The molecular formula is C45H47ClFN7O8S. The molecule has 1 spiro atoms. The molecule has 63 heavy (non-hydrogen) atoms. The summed E-state index contributed by atoms with van der Waals surface area (Å²) >= 11 is 6.26. The summed E-state index contributed by atoms with van der Waals surface area (Å²) in [5.41, 5.74) is 4.34. The van der Waals surface area contributed by atoms with Crippen molar-refractivity contribution in [3.63, 3.8) is 0 Å². The van der Waals surface area contributed by atoms with Crippen molar-refractivity contribution < 1.29 is 36.7 Å². The second kappa shape index (κ2) is 17.9. The third-order valence-electron chi connectivity index (χ3n) is 12.7. The standard InChI is InChI=1S/C45H47ClFN7O8S/c46-32-4-2-29(3-5-32)37-24-45(12-1-13-45)14-10-31(37)27-52-16-18-53(19-17-52)39-9-7-36(42(41(39)47)62-33-22-30-11-15-48-43(30)50-25-33)44(55)51-63(58,59)35-6-8-38(40(23-35)54(56)57)49-26-34-28-60-20-21-61-34/h2-9,11,15,22-23,25,34,49H,1,10,12-14,16-21,24,26-28H2,(H,48,50)(H,51,55). The number of benzene rings is 3. The number of nitro benzene ring substituents is 1. The molecule has 330 valence electrons. The molecule has 1 unspecified atom stereocenters. The van der Waals surface area contributed by atoms with Crippen LogP contribution in [0.3, 0.4) is 0 Å². The second-order valence-electron chi connectivity index (χ2n) is 16.7. The molecule has 4 aliphatic rings. The summed E-state index contributed by atoms with van der Waals surface area (Å²) in [5.74, 6) is -2.43. The lowest BCUT2D eigenvalue weighted by atomic mass is 9.59. The van der Waals surface area contributed by atoms with Gasteiger partial charge in [0.25, 0.3) is 21.6 Å². The lowest BCUT2D eigenvalue weighted by Crippen LogP contribution is -2.47. The van der Waals surface area contributed by atoms with Gasteiger partial charge in [-0.3, -0.25) is 19.8 Å². The van der Waals surface area contributed by atoms with Gasteiger partial charge in [0.05, 0.1) is 53.2 Å². The molecule has 1 saturated carbocycles. The quantitative estimate of drug-likeness (QED) is 0.0768. The molecule has 1 atom stereocenters. The molecule has 2 saturated heterocycles. The molecule has 15 nitrogen and oxygen atoms in total. The van der Waals surface area contributed by atoms with E-state index < -0.39 is 48.6 Å². The second-order valence-corrected chi connectivity index (χ2v) is 18.8. The molecule has 3 aromatic carbocycles. The van der Waals surface area contributed by atoms with Gasteiger partial charge in [-0.15, -0.1) is 0 Å². The molecule has 3 fully saturated rings. The van der Waals surface area contributed by atoms with Crippen LogP contribution in [0.25, 0.3) is 16.6 Å². The number of aromatic nitrogens is 2. The van der Waals surface area contributed by atoms with Crippen molar-refractivity contribution in [3.8, 4) is 11.5 Å². The number of carbonyl (C=O) groups is 1. The fraction of sp³-hybridized carbons (Fsp3) is 0.378. The van der Waals surface area contributed by atoms with Gasteiger partial charge in [-0.05, 0) is 97.2 Å². The van der Waals surface area contributed by atoms with Crippen molar-refractivity contribution in [3.05, 3.63) is 117 Å². The number of halogens is 2. The Hall–Kier alpha value is -5.59. The fourth-order valence-corrected chi connectivity index (χ4v) is 10.2. The average Bonchev–Trinajstić information content (AvgIpc) is 3.75. The summed E-state index contributed by atoms with van der Waals surface area (Å²) in [5, 5.41) is 16.3. The number of piperazine rings is 1. The third kappa shape index (κ3) is 9.24. The van der Waals surface area contributed by atoms with Crippen LogP contribution in [0.1, 0.15) is 54.4 Å². The number of hydrogen-bond acceptors (Lipinski definition) is 12. The lowest BCUT2D eigenvalue weighted by molar-refractivity contribution is -0.384. The van der Waals surface area contributed by atoms with Crippen LogP contribution in [0.5, 0.6) is 11.5 Å². The first kappa shape index (κ1) is 42.7. The Kier molecular flexibility index (Phi) is 12.1. The number of aromatic amines is 1. The molecule has 5 aromatic rings. The molecule has 9 rings (SSSR count). The normalized spacial score (nSPS) is 19.2. The van der Waals surface area contributed by atoms with Gasteiger partial charge in [0.2, 0.25) is 0 Å². The maximum Gasteiger partial charge on any atom is 0.293 e. The molecule has 1 amide bonds. The molecule has 2 aliphatic carbocycles. The Bertz CT molecular complexity index is 2680. The Morgan fingerprint density at radius 3 is 2.59 bits per heavy atom. The summed E-state index contributed by atoms with van der Waals surface area (Å²) in [6.45, 7) is 4.43. The topological polar surface area (TPSA) is 181 Å². The molecule has 4 heterocycles. The van der Waals surface area contributed by atoms with Crippen LogP contribution in [0.4, 0.5) is 21.5 Å². The zero-order chi connectivity index (χ0) is 43.7. The van der Waals surface area contributed by atoms with Crippen LogP contribution in [-0.2, 0) is 19.5 Å². The summed E-state index contributed by atoms with van der Waals surface area (Å²) in [6, 6.07) is 17.5. The van der Waals surface area contributed by atoms with E-state index in [0.29, 0.717) is 67.5 Å². The highest BCUT2D eigenvalue weighted by atomic mass is 35.5. The van der Waals surface area contributed by atoms with Crippen molar-refractivity contribution in [2.45, 2.75) is 49.5 Å². The lowest BCUT2D eigenvalue weighted by Gasteiger charge is -2.47. The number of anilines is 2. The number of H-pyrrole nitrogens is 1. The minimum atomic E-state index is -4.71. The van der Waals surface area contributed by atoms with Crippen molar-refractivity contribution in [1.82, 2.24) is 19.6 Å². The van der Waals surface area contributed by atoms with Crippen LogP contribution in [-0.4, -0.2) is 99.3 Å².